The van der Waals surface area contributed by atoms with Crippen molar-refractivity contribution in [1.29, 1.82) is 0 Å². The van der Waals surface area contributed by atoms with Crippen LogP contribution >= 0.6 is 0 Å². The molecule has 2 amide bonds. The predicted molar refractivity (Wildman–Crippen MR) is 98.1 cm³/mol. The summed E-state index contributed by atoms with van der Waals surface area (Å²) in [6.45, 7) is 2.85. The van der Waals surface area contributed by atoms with E-state index in [2.05, 4.69) is 0 Å². The minimum atomic E-state index is -0.0102. The van der Waals surface area contributed by atoms with Gasteiger partial charge in [0.2, 0.25) is 5.91 Å². The average molecular weight is 360 g/mol. The minimum Gasteiger partial charge on any atom is -0.497 e. The number of hydrogen-bond donors (Lipinski definition) is 1. The van der Waals surface area contributed by atoms with Gasteiger partial charge in [0.05, 0.1) is 7.11 Å². The number of piperidine rings is 2. The number of hydrogen-bond acceptors (Lipinski definition) is 4. The fraction of sp³-hybridized carbons (Fsp3) is 0.600. The Morgan fingerprint density at radius 1 is 1.23 bits per heavy atom. The lowest BCUT2D eigenvalue weighted by atomic mass is 9.73. The molecule has 0 unspecified atom stereocenters. The molecule has 0 aromatic heterocycles. The van der Waals surface area contributed by atoms with Gasteiger partial charge >= 0.3 is 0 Å². The Bertz CT molecular complexity index is 646. The van der Waals surface area contributed by atoms with E-state index in [1.54, 1.807) is 19.2 Å². The van der Waals surface area contributed by atoms with Gasteiger partial charge in [-0.25, -0.2) is 0 Å². The summed E-state index contributed by atoms with van der Waals surface area (Å²) in [6, 6.07) is 7.23. The molecule has 1 N–H and O–H groups in total. The number of nitrogens with zero attached hydrogens (tertiary/aromatic N) is 2. The molecule has 0 radical (unpaired) electrons. The molecule has 1 aromatic carbocycles. The predicted octanol–water partition coefficient (Wildman–Crippen LogP) is 1.92. The van der Waals surface area contributed by atoms with Crippen LogP contribution in [0.2, 0.25) is 0 Å². The molecular formula is C20H28N2O4. The summed E-state index contributed by atoms with van der Waals surface area (Å²) in [5.74, 6) is 0.954. The van der Waals surface area contributed by atoms with Gasteiger partial charge in [-0.1, -0.05) is 0 Å². The Balaban J connectivity index is 1.69. The molecule has 2 fully saturated rings. The van der Waals surface area contributed by atoms with Crippen LogP contribution in [0.15, 0.2) is 24.3 Å². The number of rotatable bonds is 5. The van der Waals surface area contributed by atoms with Gasteiger partial charge in [-0.2, -0.15) is 0 Å². The lowest BCUT2D eigenvalue weighted by molar-refractivity contribution is -0.139. The van der Waals surface area contributed by atoms with Crippen molar-refractivity contribution >= 4 is 11.8 Å². The Morgan fingerprint density at radius 2 is 2.00 bits per heavy atom. The number of aliphatic hydroxyl groups is 1. The highest BCUT2D eigenvalue weighted by molar-refractivity contribution is 5.94. The van der Waals surface area contributed by atoms with E-state index in [0.29, 0.717) is 38.0 Å². The van der Waals surface area contributed by atoms with Crippen molar-refractivity contribution < 1.29 is 19.4 Å². The zero-order chi connectivity index (χ0) is 18.6. The summed E-state index contributed by atoms with van der Waals surface area (Å²) in [4.78, 5) is 28.9. The standard InChI is InChI=1S/C20H28N2O4/c1-26-17-6-4-16(5-7-17)19(25)22-11-2-9-20(15-22)10-8-18(24)21(14-20)12-3-13-23/h4-7,23H,2-3,8-15H2,1H3/t20-/m1/s1. The first-order valence-electron chi connectivity index (χ1n) is 9.39. The molecule has 6 heteroatoms. The maximum Gasteiger partial charge on any atom is 0.253 e. The molecule has 26 heavy (non-hydrogen) atoms. The van der Waals surface area contributed by atoms with Gasteiger partial charge in [-0.3, -0.25) is 9.59 Å². The van der Waals surface area contributed by atoms with Gasteiger partial charge in [0.15, 0.2) is 0 Å². The minimum absolute atomic E-state index is 0.0102. The molecule has 0 saturated carbocycles. The van der Waals surface area contributed by atoms with E-state index in [1.165, 1.54) is 0 Å². The smallest absolute Gasteiger partial charge is 0.253 e. The average Bonchev–Trinajstić information content (AvgIpc) is 2.68. The van der Waals surface area contributed by atoms with Crippen molar-refractivity contribution in [1.82, 2.24) is 9.80 Å². The van der Waals surface area contributed by atoms with E-state index in [0.717, 1.165) is 31.6 Å². The van der Waals surface area contributed by atoms with Gasteiger partial charge in [-0.15, -0.1) is 0 Å². The number of carbonyl (C=O) groups is 2. The SMILES string of the molecule is COc1ccc(C(=O)N2CCC[C@]3(CCC(=O)N(CCCO)C3)C2)cc1. The molecule has 1 spiro atoms. The molecule has 6 nitrogen and oxygen atoms in total. The van der Waals surface area contributed by atoms with Crippen LogP contribution in [0.25, 0.3) is 0 Å². The zero-order valence-electron chi connectivity index (χ0n) is 15.4. The number of methoxy groups -OCH3 is 1. The molecule has 1 aromatic rings. The first-order chi connectivity index (χ1) is 12.6. The van der Waals surface area contributed by atoms with Crippen molar-refractivity contribution in [2.45, 2.75) is 32.1 Å². The maximum absolute atomic E-state index is 12.9. The topological polar surface area (TPSA) is 70.1 Å². The van der Waals surface area contributed by atoms with E-state index in [-0.39, 0.29) is 23.8 Å². The summed E-state index contributed by atoms with van der Waals surface area (Å²) >= 11 is 0. The molecule has 2 heterocycles. The van der Waals surface area contributed by atoms with Crippen LogP contribution in [-0.2, 0) is 4.79 Å². The highest BCUT2D eigenvalue weighted by atomic mass is 16.5. The van der Waals surface area contributed by atoms with E-state index < -0.39 is 0 Å². The third-order valence-electron chi connectivity index (χ3n) is 5.62. The van der Waals surface area contributed by atoms with Crippen LogP contribution in [-0.4, -0.2) is 66.6 Å². The number of likely N-dealkylation sites (tertiary alicyclic amines) is 2. The van der Waals surface area contributed by atoms with Gasteiger partial charge in [0, 0.05) is 50.2 Å². The zero-order valence-corrected chi connectivity index (χ0v) is 15.4. The molecule has 3 rings (SSSR count). The van der Waals surface area contributed by atoms with E-state index >= 15 is 0 Å². The normalized spacial score (nSPS) is 23.4. The molecule has 0 bridgehead atoms. The summed E-state index contributed by atoms with van der Waals surface area (Å²) in [5, 5.41) is 9.06. The van der Waals surface area contributed by atoms with Gasteiger partial charge in [0.1, 0.15) is 5.75 Å². The van der Waals surface area contributed by atoms with Crippen molar-refractivity contribution in [2.75, 3.05) is 39.9 Å². The molecule has 142 valence electrons. The third-order valence-corrected chi connectivity index (χ3v) is 5.62. The van der Waals surface area contributed by atoms with Crippen LogP contribution in [0.3, 0.4) is 0 Å². The largest absolute Gasteiger partial charge is 0.497 e. The third kappa shape index (κ3) is 4.01. The molecular weight excluding hydrogens is 332 g/mol. The quantitative estimate of drug-likeness (QED) is 0.871. The fourth-order valence-electron chi connectivity index (χ4n) is 4.20. The summed E-state index contributed by atoms with van der Waals surface area (Å²) in [6.07, 6.45) is 3.99. The summed E-state index contributed by atoms with van der Waals surface area (Å²) in [7, 11) is 1.61. The Morgan fingerprint density at radius 3 is 2.69 bits per heavy atom. The molecule has 0 aliphatic carbocycles. The van der Waals surface area contributed by atoms with Crippen LogP contribution in [0.5, 0.6) is 5.75 Å². The van der Waals surface area contributed by atoms with Crippen molar-refractivity contribution in [3.63, 3.8) is 0 Å². The Labute approximate surface area is 154 Å². The van der Waals surface area contributed by atoms with Crippen LogP contribution in [0, 0.1) is 5.41 Å². The van der Waals surface area contributed by atoms with E-state index in [9.17, 15) is 9.59 Å². The number of benzene rings is 1. The molecule has 1 atom stereocenters. The number of amides is 2. The molecule has 2 aliphatic heterocycles. The number of carbonyl (C=O) groups excluding carboxylic acids is 2. The van der Waals surface area contributed by atoms with Gasteiger partial charge in [0.25, 0.3) is 5.91 Å². The van der Waals surface area contributed by atoms with Crippen LogP contribution in [0.1, 0.15) is 42.5 Å². The van der Waals surface area contributed by atoms with Gasteiger partial charge < -0.3 is 19.6 Å². The van der Waals surface area contributed by atoms with Crippen molar-refractivity contribution in [3.8, 4) is 5.75 Å². The van der Waals surface area contributed by atoms with Crippen LogP contribution < -0.4 is 4.74 Å². The number of aliphatic hydroxyl groups excluding tert-OH is 1. The fourth-order valence-corrected chi connectivity index (χ4v) is 4.20. The maximum atomic E-state index is 12.9. The second-order valence-corrected chi connectivity index (χ2v) is 7.45. The van der Waals surface area contributed by atoms with Crippen molar-refractivity contribution in [3.05, 3.63) is 29.8 Å². The van der Waals surface area contributed by atoms with E-state index in [1.807, 2.05) is 21.9 Å². The second kappa shape index (κ2) is 8.08. The van der Waals surface area contributed by atoms with E-state index in [4.69, 9.17) is 9.84 Å². The first-order valence-corrected chi connectivity index (χ1v) is 9.39. The highest BCUT2D eigenvalue weighted by Crippen LogP contribution is 2.39. The summed E-state index contributed by atoms with van der Waals surface area (Å²) in [5.41, 5.74) is 0.663. The van der Waals surface area contributed by atoms with Gasteiger partial charge in [-0.05, 0) is 49.9 Å². The first kappa shape index (κ1) is 18.7. The highest BCUT2D eigenvalue weighted by Gasteiger charge is 2.42. The lowest BCUT2D eigenvalue weighted by Crippen LogP contribution is -2.55. The molecule has 2 saturated heterocycles. The van der Waals surface area contributed by atoms with Crippen LogP contribution in [0.4, 0.5) is 0 Å². The number of ether oxygens (including phenoxy) is 1. The summed E-state index contributed by atoms with van der Waals surface area (Å²) < 4.78 is 5.16. The Kier molecular flexibility index (Phi) is 5.81. The Hall–Kier alpha value is -2.08. The van der Waals surface area contributed by atoms with Crippen molar-refractivity contribution in [2.24, 2.45) is 5.41 Å². The molecule has 2 aliphatic rings. The second-order valence-electron chi connectivity index (χ2n) is 7.45. The lowest BCUT2D eigenvalue weighted by Gasteiger charge is -2.48. The monoisotopic (exact) mass is 360 g/mol.